The summed E-state index contributed by atoms with van der Waals surface area (Å²) in [4.78, 5) is 23.2. The fourth-order valence-corrected chi connectivity index (χ4v) is 9.89. The standard InChI is InChI=1S/C30H46O4/c1-7-22-11-12-24-28(5)15-13-23(20(2)9-8-10-21(3)26(32)33)27(28,4)17-18-30(24)19-29(22,30)16-14-25(31)34-6/h7,10,20,22-24H,1,8-9,11-19H2,2-6H3,(H,32,33)/b21-10-/t20-,22?,23-,24+,27-,28+,29-,30+/m1/s1. The molecule has 0 saturated heterocycles. The highest BCUT2D eigenvalue weighted by Gasteiger charge is 2.79. The Morgan fingerprint density at radius 3 is 2.53 bits per heavy atom. The van der Waals surface area contributed by atoms with E-state index < -0.39 is 5.97 Å². The van der Waals surface area contributed by atoms with Gasteiger partial charge in [0.1, 0.15) is 0 Å². The van der Waals surface area contributed by atoms with Crippen molar-refractivity contribution in [2.45, 2.75) is 98.3 Å². The maximum Gasteiger partial charge on any atom is 0.330 e. The second-order valence-electron chi connectivity index (χ2n) is 12.8. The van der Waals surface area contributed by atoms with Crippen molar-refractivity contribution in [1.29, 1.82) is 0 Å². The molecular formula is C30H46O4. The minimum Gasteiger partial charge on any atom is -0.478 e. The van der Waals surface area contributed by atoms with E-state index in [2.05, 4.69) is 33.4 Å². The first-order valence-electron chi connectivity index (χ1n) is 13.6. The number of ether oxygens (including phenoxy) is 1. The summed E-state index contributed by atoms with van der Waals surface area (Å²) in [5, 5.41) is 9.17. The largest absolute Gasteiger partial charge is 0.478 e. The number of fused-ring (bicyclic) bond motifs is 2. The first-order valence-corrected chi connectivity index (χ1v) is 13.6. The highest BCUT2D eigenvalue weighted by molar-refractivity contribution is 5.85. The molecule has 0 aromatic heterocycles. The minimum absolute atomic E-state index is 0.0739. The number of carbonyl (C=O) groups is 2. The second-order valence-corrected chi connectivity index (χ2v) is 12.8. The van der Waals surface area contributed by atoms with E-state index in [-0.39, 0.29) is 11.4 Å². The summed E-state index contributed by atoms with van der Waals surface area (Å²) in [7, 11) is 1.50. The number of allylic oxidation sites excluding steroid dienone is 2. The van der Waals surface area contributed by atoms with Crippen LogP contribution < -0.4 is 0 Å². The molecule has 1 spiro atoms. The van der Waals surface area contributed by atoms with Gasteiger partial charge in [0, 0.05) is 12.0 Å². The first kappa shape index (κ1) is 25.5. The van der Waals surface area contributed by atoms with Crippen LogP contribution in [-0.2, 0) is 14.3 Å². The van der Waals surface area contributed by atoms with Crippen molar-refractivity contribution in [1.82, 2.24) is 0 Å². The number of methoxy groups -OCH3 is 1. The molecule has 4 aliphatic rings. The van der Waals surface area contributed by atoms with Crippen molar-refractivity contribution in [2.24, 2.45) is 45.3 Å². The Kier molecular flexibility index (Phi) is 6.62. The van der Waals surface area contributed by atoms with Crippen LogP contribution in [0.15, 0.2) is 24.3 Å². The Morgan fingerprint density at radius 1 is 1.15 bits per heavy atom. The molecule has 0 bridgehead atoms. The summed E-state index contributed by atoms with van der Waals surface area (Å²) in [6.07, 6.45) is 16.5. The predicted molar refractivity (Wildman–Crippen MR) is 135 cm³/mol. The molecule has 0 heterocycles. The van der Waals surface area contributed by atoms with Gasteiger partial charge in [-0.15, -0.1) is 6.58 Å². The summed E-state index contributed by atoms with van der Waals surface area (Å²) < 4.78 is 5.01. The lowest BCUT2D eigenvalue weighted by Gasteiger charge is -2.61. The average molecular weight is 471 g/mol. The van der Waals surface area contributed by atoms with Crippen LogP contribution in [-0.4, -0.2) is 24.2 Å². The van der Waals surface area contributed by atoms with Gasteiger partial charge >= 0.3 is 11.9 Å². The van der Waals surface area contributed by atoms with Crippen LogP contribution in [0.3, 0.4) is 0 Å². The molecule has 0 amide bonds. The third-order valence-electron chi connectivity index (χ3n) is 12.0. The number of hydrogen-bond acceptors (Lipinski definition) is 3. The maximum atomic E-state index is 12.1. The van der Waals surface area contributed by atoms with Gasteiger partial charge in [-0.25, -0.2) is 4.79 Å². The molecule has 34 heavy (non-hydrogen) atoms. The summed E-state index contributed by atoms with van der Waals surface area (Å²) in [6, 6.07) is 0. The number of carbonyl (C=O) groups excluding carboxylic acids is 1. The quantitative estimate of drug-likeness (QED) is 0.220. The lowest BCUT2D eigenvalue weighted by molar-refractivity contribution is -0.142. The average Bonchev–Trinajstić information content (AvgIpc) is 3.40. The Hall–Kier alpha value is -1.58. The van der Waals surface area contributed by atoms with E-state index in [1.807, 2.05) is 6.08 Å². The predicted octanol–water partition coefficient (Wildman–Crippen LogP) is 7.19. The van der Waals surface area contributed by atoms with E-state index >= 15 is 0 Å². The van der Waals surface area contributed by atoms with Crippen molar-refractivity contribution < 1.29 is 19.4 Å². The third kappa shape index (κ3) is 3.53. The molecule has 8 atom stereocenters. The van der Waals surface area contributed by atoms with Gasteiger partial charge in [0.05, 0.1) is 7.11 Å². The molecule has 4 rings (SSSR count). The van der Waals surface area contributed by atoms with Crippen LogP contribution in [0.2, 0.25) is 0 Å². The summed E-state index contributed by atoms with van der Waals surface area (Å²) >= 11 is 0. The molecule has 0 radical (unpaired) electrons. The number of rotatable bonds is 9. The molecule has 4 aliphatic carbocycles. The highest BCUT2D eigenvalue weighted by atomic mass is 16.5. The van der Waals surface area contributed by atoms with Crippen molar-refractivity contribution in [2.75, 3.05) is 7.11 Å². The van der Waals surface area contributed by atoms with Crippen LogP contribution in [0.25, 0.3) is 0 Å². The van der Waals surface area contributed by atoms with Crippen LogP contribution in [0.5, 0.6) is 0 Å². The van der Waals surface area contributed by atoms with Gasteiger partial charge in [-0.3, -0.25) is 4.79 Å². The zero-order valence-corrected chi connectivity index (χ0v) is 22.1. The fraction of sp³-hybridized carbons (Fsp3) is 0.800. The molecular weight excluding hydrogens is 424 g/mol. The van der Waals surface area contributed by atoms with E-state index in [4.69, 9.17) is 9.84 Å². The number of hydrogen-bond donors (Lipinski definition) is 1. The lowest BCUT2D eigenvalue weighted by atomic mass is 9.44. The Morgan fingerprint density at radius 2 is 1.88 bits per heavy atom. The fourth-order valence-electron chi connectivity index (χ4n) is 9.89. The Balaban J connectivity index is 1.54. The highest BCUT2D eigenvalue weighted by Crippen LogP contribution is 2.87. The van der Waals surface area contributed by atoms with E-state index in [1.54, 1.807) is 6.92 Å². The van der Waals surface area contributed by atoms with Gasteiger partial charge in [-0.2, -0.15) is 0 Å². The zero-order chi connectivity index (χ0) is 24.9. The van der Waals surface area contributed by atoms with Gasteiger partial charge < -0.3 is 9.84 Å². The third-order valence-corrected chi connectivity index (χ3v) is 12.0. The van der Waals surface area contributed by atoms with Crippen molar-refractivity contribution in [3.63, 3.8) is 0 Å². The van der Waals surface area contributed by atoms with Crippen molar-refractivity contribution in [3.8, 4) is 0 Å². The van der Waals surface area contributed by atoms with Gasteiger partial charge in [-0.05, 0) is 116 Å². The van der Waals surface area contributed by atoms with Crippen LogP contribution in [0.1, 0.15) is 98.3 Å². The molecule has 190 valence electrons. The molecule has 0 aliphatic heterocycles. The Labute approximate surface area is 206 Å². The van der Waals surface area contributed by atoms with Crippen molar-refractivity contribution in [3.05, 3.63) is 24.3 Å². The normalized spacial score (nSPS) is 43.8. The van der Waals surface area contributed by atoms with Gasteiger partial charge in [0.15, 0.2) is 0 Å². The van der Waals surface area contributed by atoms with E-state index in [9.17, 15) is 9.59 Å². The zero-order valence-electron chi connectivity index (χ0n) is 22.1. The van der Waals surface area contributed by atoms with Gasteiger partial charge in [-0.1, -0.05) is 32.9 Å². The molecule has 1 unspecified atom stereocenters. The monoisotopic (exact) mass is 470 g/mol. The number of carboxylic acids is 1. The number of aliphatic carboxylic acids is 1. The smallest absolute Gasteiger partial charge is 0.330 e. The first-order chi connectivity index (χ1) is 16.0. The van der Waals surface area contributed by atoms with Crippen LogP contribution in [0.4, 0.5) is 0 Å². The summed E-state index contributed by atoms with van der Waals surface area (Å²) in [6.45, 7) is 13.5. The molecule has 4 saturated carbocycles. The minimum atomic E-state index is -0.805. The molecule has 4 heteroatoms. The second kappa shape index (κ2) is 8.82. The summed E-state index contributed by atoms with van der Waals surface area (Å²) in [5.41, 5.74) is 1.78. The molecule has 0 aromatic carbocycles. The van der Waals surface area contributed by atoms with E-state index in [1.165, 1.54) is 52.1 Å². The van der Waals surface area contributed by atoms with Crippen LogP contribution in [0, 0.1) is 45.3 Å². The van der Waals surface area contributed by atoms with Crippen LogP contribution >= 0.6 is 0 Å². The maximum absolute atomic E-state index is 12.1. The number of carboxylic acid groups (broad SMARTS) is 1. The Bertz CT molecular complexity index is 875. The molecule has 1 N–H and O–H groups in total. The van der Waals surface area contributed by atoms with E-state index in [0.29, 0.717) is 46.0 Å². The van der Waals surface area contributed by atoms with Crippen molar-refractivity contribution >= 4 is 11.9 Å². The van der Waals surface area contributed by atoms with E-state index in [0.717, 1.165) is 25.2 Å². The SMILES string of the molecule is C=CC1CC[C@@H]2[C@]3(CC[C@]4(C)[C@@H]([C@H](C)CC/C=C(/C)C(=O)O)CC[C@@]24C)C[C@]13CCC(=O)OC. The lowest BCUT2D eigenvalue weighted by Crippen LogP contribution is -2.54. The number of esters is 1. The summed E-state index contributed by atoms with van der Waals surface area (Å²) in [5.74, 6) is 1.69. The molecule has 4 fully saturated rings. The molecule has 0 aromatic rings. The van der Waals surface area contributed by atoms with Gasteiger partial charge in [0.25, 0.3) is 0 Å². The van der Waals surface area contributed by atoms with Gasteiger partial charge in [0.2, 0.25) is 0 Å². The topological polar surface area (TPSA) is 63.6 Å². The molecule has 4 nitrogen and oxygen atoms in total.